The highest BCUT2D eigenvalue weighted by Crippen LogP contribution is 2.34. The fourth-order valence-corrected chi connectivity index (χ4v) is 4.03. The van der Waals surface area contributed by atoms with Crippen LogP contribution in [0, 0.1) is 11.8 Å². The lowest BCUT2D eigenvalue weighted by atomic mass is 9.80. The number of alkyl halides is 1. The molecule has 2 rings (SSSR count). The van der Waals surface area contributed by atoms with Crippen LogP contribution in [0.4, 0.5) is 0 Å². The van der Waals surface area contributed by atoms with Crippen LogP contribution in [-0.2, 0) is 6.42 Å². The van der Waals surface area contributed by atoms with Crippen LogP contribution < -0.4 is 0 Å². The molecule has 2 heteroatoms. The molecule has 0 aliphatic heterocycles. The first kappa shape index (κ1) is 11.7. The minimum absolute atomic E-state index is 0.694. The summed E-state index contributed by atoms with van der Waals surface area (Å²) in [5.41, 5.74) is 1.50. The largest absolute Gasteiger partial charge is 0.152 e. The van der Waals surface area contributed by atoms with Gasteiger partial charge < -0.3 is 0 Å². The molecule has 1 fully saturated rings. The zero-order valence-electron chi connectivity index (χ0n) is 9.29. The summed E-state index contributed by atoms with van der Waals surface area (Å²) in [5, 5.41) is 4.46. The van der Waals surface area contributed by atoms with E-state index in [2.05, 4.69) is 39.7 Å². The van der Waals surface area contributed by atoms with Crippen molar-refractivity contribution in [2.45, 2.75) is 43.9 Å². The van der Waals surface area contributed by atoms with Crippen molar-refractivity contribution < 1.29 is 0 Å². The second-order valence-corrected chi connectivity index (χ2v) is 6.83. The normalized spacial score (nSPS) is 28.9. The van der Waals surface area contributed by atoms with Crippen molar-refractivity contribution in [3.05, 3.63) is 22.4 Å². The van der Waals surface area contributed by atoms with Crippen LogP contribution in [-0.4, -0.2) is 4.83 Å². The summed E-state index contributed by atoms with van der Waals surface area (Å²) in [6.07, 6.45) is 6.90. The Morgan fingerprint density at radius 2 is 2.13 bits per heavy atom. The van der Waals surface area contributed by atoms with E-state index >= 15 is 0 Å². The van der Waals surface area contributed by atoms with E-state index in [1.807, 2.05) is 11.3 Å². The summed E-state index contributed by atoms with van der Waals surface area (Å²) in [5.74, 6) is 1.86. The molecule has 1 aromatic heterocycles. The van der Waals surface area contributed by atoms with Gasteiger partial charge in [-0.05, 0) is 53.5 Å². The van der Waals surface area contributed by atoms with E-state index in [-0.39, 0.29) is 0 Å². The van der Waals surface area contributed by atoms with Gasteiger partial charge in [0.15, 0.2) is 0 Å². The molecule has 15 heavy (non-hydrogen) atoms. The predicted molar refractivity (Wildman–Crippen MR) is 71.9 cm³/mol. The van der Waals surface area contributed by atoms with E-state index in [4.69, 9.17) is 0 Å². The summed E-state index contributed by atoms with van der Waals surface area (Å²) < 4.78 is 0. The molecule has 1 aliphatic carbocycles. The van der Waals surface area contributed by atoms with Crippen molar-refractivity contribution in [3.63, 3.8) is 0 Å². The predicted octanol–water partition coefficient (Wildman–Crippen LogP) is 4.88. The SMILES string of the molecule is CC1CCC(C(Br)Cc2ccsc2)CC1. The van der Waals surface area contributed by atoms with Crippen molar-refractivity contribution >= 4 is 27.3 Å². The second kappa shape index (κ2) is 5.49. The molecule has 1 unspecified atom stereocenters. The van der Waals surface area contributed by atoms with Crippen LogP contribution in [0.3, 0.4) is 0 Å². The summed E-state index contributed by atoms with van der Waals surface area (Å²) in [4.78, 5) is 0.694. The minimum Gasteiger partial charge on any atom is -0.152 e. The van der Waals surface area contributed by atoms with Gasteiger partial charge in [-0.15, -0.1) is 0 Å². The number of rotatable bonds is 3. The Morgan fingerprint density at radius 1 is 1.40 bits per heavy atom. The van der Waals surface area contributed by atoms with E-state index in [0.29, 0.717) is 4.83 Å². The van der Waals surface area contributed by atoms with E-state index in [0.717, 1.165) is 11.8 Å². The Hall–Kier alpha value is 0.180. The van der Waals surface area contributed by atoms with Gasteiger partial charge in [-0.3, -0.25) is 0 Å². The van der Waals surface area contributed by atoms with Gasteiger partial charge in [0.2, 0.25) is 0 Å². The standard InChI is InChI=1S/C13H19BrS/c1-10-2-4-12(5-3-10)13(14)8-11-6-7-15-9-11/h6-7,9-10,12-13H,2-5,8H2,1H3. The second-order valence-electron chi connectivity index (χ2n) is 4.87. The van der Waals surface area contributed by atoms with Crippen molar-refractivity contribution in [2.24, 2.45) is 11.8 Å². The highest BCUT2D eigenvalue weighted by atomic mass is 79.9. The lowest BCUT2D eigenvalue weighted by Crippen LogP contribution is -2.22. The number of halogens is 1. The third-order valence-electron chi connectivity index (χ3n) is 3.58. The molecule has 0 nitrogen and oxygen atoms in total. The molecule has 1 heterocycles. The highest BCUT2D eigenvalue weighted by Gasteiger charge is 2.24. The molecular formula is C13H19BrS. The highest BCUT2D eigenvalue weighted by molar-refractivity contribution is 9.09. The third kappa shape index (κ3) is 3.32. The molecule has 84 valence electrons. The maximum absolute atomic E-state index is 3.89. The first-order chi connectivity index (χ1) is 7.25. The molecule has 1 saturated carbocycles. The van der Waals surface area contributed by atoms with Gasteiger partial charge in [-0.1, -0.05) is 35.7 Å². The summed E-state index contributed by atoms with van der Waals surface area (Å²) in [7, 11) is 0. The van der Waals surface area contributed by atoms with Crippen molar-refractivity contribution in [1.82, 2.24) is 0 Å². The van der Waals surface area contributed by atoms with Gasteiger partial charge in [0.25, 0.3) is 0 Å². The first-order valence-corrected chi connectivity index (χ1v) is 7.76. The lowest BCUT2D eigenvalue weighted by molar-refractivity contribution is 0.285. The Balaban J connectivity index is 1.83. The number of hydrogen-bond donors (Lipinski definition) is 0. The molecule has 1 aliphatic rings. The maximum Gasteiger partial charge on any atom is 0.0214 e. The van der Waals surface area contributed by atoms with Crippen molar-refractivity contribution in [2.75, 3.05) is 0 Å². The monoisotopic (exact) mass is 286 g/mol. The third-order valence-corrected chi connectivity index (χ3v) is 5.39. The Labute approximate surface area is 105 Å². The molecule has 1 aromatic rings. The molecule has 0 bridgehead atoms. The average molecular weight is 287 g/mol. The van der Waals surface area contributed by atoms with Crippen LogP contribution >= 0.6 is 27.3 Å². The van der Waals surface area contributed by atoms with Crippen LogP contribution in [0.5, 0.6) is 0 Å². The molecule has 0 radical (unpaired) electrons. The maximum atomic E-state index is 3.89. The molecule has 0 aromatic carbocycles. The lowest BCUT2D eigenvalue weighted by Gasteiger charge is -2.29. The first-order valence-electron chi connectivity index (χ1n) is 5.91. The van der Waals surface area contributed by atoms with E-state index in [9.17, 15) is 0 Å². The molecule has 0 amide bonds. The average Bonchev–Trinajstić information content (AvgIpc) is 2.71. The fraction of sp³-hybridized carbons (Fsp3) is 0.692. The molecule has 0 saturated heterocycles. The minimum atomic E-state index is 0.694. The molecular weight excluding hydrogens is 268 g/mol. The van der Waals surface area contributed by atoms with Crippen LogP contribution in [0.1, 0.15) is 38.2 Å². The topological polar surface area (TPSA) is 0 Å². The molecule has 0 spiro atoms. The van der Waals surface area contributed by atoms with Gasteiger partial charge >= 0.3 is 0 Å². The van der Waals surface area contributed by atoms with Crippen molar-refractivity contribution in [1.29, 1.82) is 0 Å². The summed E-state index contributed by atoms with van der Waals surface area (Å²) in [6.45, 7) is 2.39. The molecule has 0 N–H and O–H groups in total. The number of hydrogen-bond acceptors (Lipinski definition) is 1. The summed E-state index contributed by atoms with van der Waals surface area (Å²) in [6, 6.07) is 2.25. The number of thiophene rings is 1. The van der Waals surface area contributed by atoms with Crippen LogP contribution in [0.2, 0.25) is 0 Å². The van der Waals surface area contributed by atoms with Gasteiger partial charge in [0, 0.05) is 4.83 Å². The Morgan fingerprint density at radius 3 is 2.73 bits per heavy atom. The zero-order chi connectivity index (χ0) is 10.7. The Bertz CT molecular complexity index is 273. The zero-order valence-corrected chi connectivity index (χ0v) is 11.7. The quantitative estimate of drug-likeness (QED) is 0.695. The van der Waals surface area contributed by atoms with Gasteiger partial charge in [0.05, 0.1) is 0 Å². The van der Waals surface area contributed by atoms with Crippen molar-refractivity contribution in [3.8, 4) is 0 Å². The molecule has 1 atom stereocenters. The smallest absolute Gasteiger partial charge is 0.0214 e. The van der Waals surface area contributed by atoms with Gasteiger partial charge in [-0.25, -0.2) is 0 Å². The van der Waals surface area contributed by atoms with Gasteiger partial charge in [-0.2, -0.15) is 11.3 Å². The van der Waals surface area contributed by atoms with Gasteiger partial charge in [0.1, 0.15) is 0 Å². The van der Waals surface area contributed by atoms with Crippen LogP contribution in [0.15, 0.2) is 16.8 Å². The van der Waals surface area contributed by atoms with E-state index < -0.39 is 0 Å². The summed E-state index contributed by atoms with van der Waals surface area (Å²) >= 11 is 5.69. The Kier molecular flexibility index (Phi) is 4.27. The van der Waals surface area contributed by atoms with E-state index in [1.165, 1.54) is 37.7 Å². The fourth-order valence-electron chi connectivity index (χ4n) is 2.45. The van der Waals surface area contributed by atoms with Crippen LogP contribution in [0.25, 0.3) is 0 Å². The van der Waals surface area contributed by atoms with E-state index in [1.54, 1.807) is 0 Å².